The summed E-state index contributed by atoms with van der Waals surface area (Å²) in [7, 11) is 4.37. The maximum Gasteiger partial charge on any atom is 0.322 e. The molecule has 5 rings (SSSR count). The van der Waals surface area contributed by atoms with Crippen molar-refractivity contribution in [3.63, 3.8) is 0 Å². The third-order valence-electron chi connectivity index (χ3n) is 6.70. The monoisotopic (exact) mass is 460 g/mol. The van der Waals surface area contributed by atoms with E-state index in [9.17, 15) is 9.18 Å². The number of aromatic amines is 1. The van der Waals surface area contributed by atoms with Crippen LogP contribution in [0.2, 0.25) is 0 Å². The molecule has 0 radical (unpaired) electrons. The lowest BCUT2D eigenvalue weighted by Gasteiger charge is -2.50. The minimum Gasteiger partial charge on any atom is -0.424 e. The van der Waals surface area contributed by atoms with Crippen molar-refractivity contribution >= 4 is 0 Å². The average molecular weight is 461 g/mol. The van der Waals surface area contributed by atoms with Crippen LogP contribution >= 0.6 is 0 Å². The highest BCUT2D eigenvalue weighted by Crippen LogP contribution is 2.47. The number of nitrogens with one attached hydrogen (secondary N) is 1. The van der Waals surface area contributed by atoms with Crippen molar-refractivity contribution in [1.82, 2.24) is 19.7 Å². The van der Waals surface area contributed by atoms with Crippen LogP contribution in [0.3, 0.4) is 0 Å². The molecule has 0 bridgehead atoms. The van der Waals surface area contributed by atoms with Gasteiger partial charge in [0.15, 0.2) is 0 Å². The predicted octanol–water partition coefficient (Wildman–Crippen LogP) is 3.91. The zero-order valence-electron chi connectivity index (χ0n) is 19.2. The molecule has 34 heavy (non-hydrogen) atoms. The average Bonchev–Trinajstić information content (AvgIpc) is 3.27. The molecule has 2 atom stereocenters. The fraction of sp³-hybridized carbons (Fsp3) is 0.269. The smallest absolute Gasteiger partial charge is 0.322 e. The minimum atomic E-state index is -0.664. The van der Waals surface area contributed by atoms with Crippen molar-refractivity contribution < 1.29 is 13.6 Å². The quantitative estimate of drug-likeness (QED) is 0.459. The highest BCUT2D eigenvalue weighted by Gasteiger charge is 2.51. The van der Waals surface area contributed by atoms with Crippen LogP contribution in [0.4, 0.5) is 4.39 Å². The summed E-state index contributed by atoms with van der Waals surface area (Å²) in [6.45, 7) is 1.62. The van der Waals surface area contributed by atoms with E-state index in [0.29, 0.717) is 5.75 Å². The molecule has 2 aromatic heterocycles. The summed E-state index contributed by atoms with van der Waals surface area (Å²) in [6.07, 6.45) is 4.19. The van der Waals surface area contributed by atoms with Gasteiger partial charge in [-0.2, -0.15) is 4.98 Å². The summed E-state index contributed by atoms with van der Waals surface area (Å²) < 4.78 is 22.4. The summed E-state index contributed by atoms with van der Waals surface area (Å²) in [5, 5.41) is 2.97. The molecule has 7 nitrogen and oxygen atoms in total. The topological polar surface area (TPSA) is 72.8 Å². The summed E-state index contributed by atoms with van der Waals surface area (Å²) >= 11 is 0. The molecule has 0 amide bonds. The molecule has 1 N–H and O–H groups in total. The van der Waals surface area contributed by atoms with Gasteiger partial charge in [-0.15, -0.1) is 0 Å². The molecule has 174 valence electrons. The second-order valence-corrected chi connectivity index (χ2v) is 9.42. The molecule has 1 aliphatic heterocycles. The summed E-state index contributed by atoms with van der Waals surface area (Å²) in [4.78, 5) is 21.3. The van der Waals surface area contributed by atoms with E-state index in [1.54, 1.807) is 24.5 Å². The first kappa shape index (κ1) is 22.0. The van der Waals surface area contributed by atoms with E-state index in [1.165, 1.54) is 18.2 Å². The highest BCUT2D eigenvalue weighted by molar-refractivity contribution is 5.34. The Bertz CT molecular complexity index is 1330. The van der Waals surface area contributed by atoms with E-state index < -0.39 is 5.54 Å². The normalized spacial score (nSPS) is 21.8. The zero-order chi connectivity index (χ0) is 23.8. The van der Waals surface area contributed by atoms with Crippen LogP contribution in [0.5, 0.6) is 11.8 Å². The molecule has 4 aromatic rings. The first-order chi connectivity index (χ1) is 16.4. The number of hydrogen-bond acceptors (Lipinski definition) is 4. The first-order valence-corrected chi connectivity index (χ1v) is 11.3. The number of aromatic nitrogens is 4. The molecular formula is C26H27FN5O2+. The van der Waals surface area contributed by atoms with E-state index in [-0.39, 0.29) is 23.3 Å². The SMILES string of the molecule is C[N+]1(C)CCC(c2ccc(F)cc2)(n2ccc(=O)[nH]2)C(c2ccnc(Oc3ccccc3)n2)C1. The Labute approximate surface area is 197 Å². The standard InChI is InChI=1S/C26H26FN5O2/c1-32(2)17-14-26(31-16-13-24(33)30-31,19-8-10-20(27)11-9-19)22(18-32)23-12-15-28-25(29-23)34-21-6-4-3-5-7-21/h3-13,15-16,22H,14,17-18H2,1-2H3/p+1. The summed E-state index contributed by atoms with van der Waals surface area (Å²) in [5.41, 5.74) is 0.860. The van der Waals surface area contributed by atoms with Gasteiger partial charge < -0.3 is 9.22 Å². The van der Waals surface area contributed by atoms with Crippen molar-refractivity contribution in [3.8, 4) is 11.8 Å². The summed E-state index contributed by atoms with van der Waals surface area (Å²) in [6, 6.07) is 19.6. The van der Waals surface area contributed by atoms with Crippen molar-refractivity contribution in [2.24, 2.45) is 0 Å². The van der Waals surface area contributed by atoms with Gasteiger partial charge in [-0.1, -0.05) is 30.3 Å². The highest BCUT2D eigenvalue weighted by atomic mass is 19.1. The Morgan fingerprint density at radius 2 is 1.85 bits per heavy atom. The maximum absolute atomic E-state index is 13.9. The largest absolute Gasteiger partial charge is 0.424 e. The number of benzene rings is 2. The number of quaternary nitrogens is 1. The van der Waals surface area contributed by atoms with Crippen molar-refractivity contribution in [3.05, 3.63) is 107 Å². The van der Waals surface area contributed by atoms with Gasteiger partial charge in [0.1, 0.15) is 17.1 Å². The van der Waals surface area contributed by atoms with Crippen LogP contribution in [-0.4, -0.2) is 51.4 Å². The van der Waals surface area contributed by atoms with Gasteiger partial charge in [-0.3, -0.25) is 14.6 Å². The van der Waals surface area contributed by atoms with E-state index in [1.807, 2.05) is 41.1 Å². The third-order valence-corrected chi connectivity index (χ3v) is 6.70. The Morgan fingerprint density at radius 3 is 2.56 bits per heavy atom. The third kappa shape index (κ3) is 4.12. The van der Waals surface area contributed by atoms with Gasteiger partial charge in [0.2, 0.25) is 0 Å². The van der Waals surface area contributed by atoms with Gasteiger partial charge in [0.05, 0.1) is 38.8 Å². The molecule has 0 saturated carbocycles. The van der Waals surface area contributed by atoms with Crippen LogP contribution in [0.1, 0.15) is 23.6 Å². The van der Waals surface area contributed by atoms with Gasteiger partial charge in [0.25, 0.3) is 5.56 Å². The lowest BCUT2D eigenvalue weighted by Crippen LogP contribution is -2.58. The number of halogens is 1. The number of H-pyrrole nitrogens is 1. The number of para-hydroxylation sites is 1. The van der Waals surface area contributed by atoms with E-state index in [2.05, 4.69) is 24.2 Å². The number of ether oxygens (including phenoxy) is 1. The Hall–Kier alpha value is -3.78. The van der Waals surface area contributed by atoms with Crippen molar-refractivity contribution in [2.75, 3.05) is 27.2 Å². The number of nitrogens with zero attached hydrogens (tertiary/aromatic N) is 4. The molecule has 1 fully saturated rings. The van der Waals surface area contributed by atoms with Gasteiger partial charge >= 0.3 is 6.01 Å². The zero-order valence-corrected chi connectivity index (χ0v) is 19.2. The number of piperidine rings is 1. The van der Waals surface area contributed by atoms with Gasteiger partial charge in [-0.25, -0.2) is 9.37 Å². The second kappa shape index (κ2) is 8.53. The fourth-order valence-corrected chi connectivity index (χ4v) is 4.99. The Kier molecular flexibility index (Phi) is 5.53. The van der Waals surface area contributed by atoms with Crippen LogP contribution in [0, 0.1) is 5.82 Å². The number of hydrogen-bond donors (Lipinski definition) is 1. The van der Waals surface area contributed by atoms with E-state index in [0.717, 1.165) is 35.3 Å². The van der Waals surface area contributed by atoms with Crippen LogP contribution in [0.25, 0.3) is 0 Å². The van der Waals surface area contributed by atoms with Gasteiger partial charge in [0, 0.05) is 24.9 Å². The number of likely N-dealkylation sites (N-methyl/N-ethyl adjacent to an activating group) is 1. The number of rotatable bonds is 5. The lowest BCUT2D eigenvalue weighted by molar-refractivity contribution is -0.898. The molecule has 0 aliphatic carbocycles. The molecule has 8 heteroatoms. The second-order valence-electron chi connectivity index (χ2n) is 9.42. The van der Waals surface area contributed by atoms with Crippen molar-refractivity contribution in [2.45, 2.75) is 17.9 Å². The van der Waals surface area contributed by atoms with Crippen molar-refractivity contribution in [1.29, 1.82) is 0 Å². The fourth-order valence-electron chi connectivity index (χ4n) is 4.99. The lowest BCUT2D eigenvalue weighted by atomic mass is 9.70. The maximum atomic E-state index is 13.9. The first-order valence-electron chi connectivity index (χ1n) is 11.3. The summed E-state index contributed by atoms with van der Waals surface area (Å²) in [5.74, 6) is 0.203. The van der Waals surface area contributed by atoms with Crippen LogP contribution in [0.15, 0.2) is 83.9 Å². The number of likely N-dealkylation sites (tertiary alicyclic amines) is 1. The predicted molar refractivity (Wildman–Crippen MR) is 126 cm³/mol. The molecular weight excluding hydrogens is 433 g/mol. The van der Waals surface area contributed by atoms with E-state index >= 15 is 0 Å². The molecule has 0 spiro atoms. The minimum absolute atomic E-state index is 0.147. The molecule has 1 saturated heterocycles. The van der Waals surface area contributed by atoms with Crippen LogP contribution < -0.4 is 10.3 Å². The molecule has 2 unspecified atom stereocenters. The van der Waals surface area contributed by atoms with E-state index in [4.69, 9.17) is 9.72 Å². The molecule has 1 aliphatic rings. The Balaban J connectivity index is 1.66. The Morgan fingerprint density at radius 1 is 1.09 bits per heavy atom. The van der Waals surface area contributed by atoms with Gasteiger partial charge in [-0.05, 0) is 35.9 Å². The van der Waals surface area contributed by atoms with Crippen LogP contribution in [-0.2, 0) is 5.54 Å². The molecule has 3 heterocycles. The molecule has 2 aromatic carbocycles.